The monoisotopic (exact) mass is 657 g/mol. The average molecular weight is 659 g/mol. The van der Waals surface area contributed by atoms with Crippen LogP contribution in [0.4, 0.5) is 11.4 Å². The molecule has 3 aliphatic carbocycles. The number of carbonyl (C=O) groups excluding carboxylic acids is 4. The van der Waals surface area contributed by atoms with Crippen LogP contribution in [0, 0.1) is 11.8 Å². The Bertz CT molecular complexity index is 1440. The number of Topliss-reactive ketones (excluding diaryl/α,β-unsaturated/α-hetero) is 2. The van der Waals surface area contributed by atoms with Gasteiger partial charge in [-0.05, 0) is 71.5 Å². The second kappa shape index (κ2) is 13.3. The number of primary amides is 1. The van der Waals surface area contributed by atoms with Gasteiger partial charge in [0.25, 0.3) is 5.91 Å². The molecule has 1 aromatic rings. The van der Waals surface area contributed by atoms with Gasteiger partial charge in [-0.3, -0.25) is 24.1 Å². The van der Waals surface area contributed by atoms with Gasteiger partial charge in [0.05, 0.1) is 17.3 Å². The van der Waals surface area contributed by atoms with Crippen molar-refractivity contribution >= 4 is 65.3 Å². The van der Waals surface area contributed by atoms with Crippen LogP contribution < -0.4 is 16.0 Å². The molecule has 3 aliphatic rings. The number of benzene rings is 1. The van der Waals surface area contributed by atoms with Crippen LogP contribution in [0.15, 0.2) is 23.0 Å². The van der Waals surface area contributed by atoms with Crippen molar-refractivity contribution in [3.8, 4) is 5.75 Å². The summed E-state index contributed by atoms with van der Waals surface area (Å²) in [7, 11) is 10.4. The van der Waals surface area contributed by atoms with Gasteiger partial charge in [0.1, 0.15) is 22.8 Å². The van der Waals surface area contributed by atoms with Crippen molar-refractivity contribution in [1.29, 1.82) is 0 Å². The van der Waals surface area contributed by atoms with Gasteiger partial charge < -0.3 is 41.3 Å². The minimum Gasteiger partial charge on any atom is -0.508 e. The molecule has 3 unspecified atom stereocenters. The molecule has 0 spiro atoms. The van der Waals surface area contributed by atoms with E-state index in [2.05, 4.69) is 5.32 Å². The van der Waals surface area contributed by atoms with Crippen molar-refractivity contribution in [3.63, 3.8) is 0 Å². The lowest BCUT2D eigenvalue weighted by Crippen LogP contribution is -2.65. The lowest BCUT2D eigenvalue weighted by Gasteiger charge is -2.50. The molecule has 13 nitrogen and oxygen atoms in total. The Kier molecular flexibility index (Phi) is 11.2. The largest absolute Gasteiger partial charge is 0.508 e. The molecule has 15 heteroatoms. The fourth-order valence-electron chi connectivity index (χ4n) is 6.55. The van der Waals surface area contributed by atoms with Gasteiger partial charge >= 0.3 is 0 Å². The number of aliphatic hydroxyl groups excluding tert-OH is 2. The van der Waals surface area contributed by atoms with E-state index >= 15 is 0 Å². The number of hydrogen-bond donors (Lipinski definition) is 6. The van der Waals surface area contributed by atoms with E-state index in [1.165, 1.54) is 4.90 Å². The van der Waals surface area contributed by atoms with Crippen molar-refractivity contribution in [2.75, 3.05) is 59.0 Å². The summed E-state index contributed by atoms with van der Waals surface area (Å²) in [6.07, 6.45) is 0.904. The number of fused-ring (bicyclic) bond motifs is 3. The number of ketones is 2. The van der Waals surface area contributed by atoms with Crippen LogP contribution in [0.25, 0.3) is 5.76 Å². The number of phenolic OH excluding ortho intramolecular Hbond substituents is 1. The minimum absolute atomic E-state index is 0. The highest BCUT2D eigenvalue weighted by molar-refractivity contribution is 6.24. The highest BCUT2D eigenvalue weighted by Crippen LogP contribution is 2.54. The third-order valence-corrected chi connectivity index (χ3v) is 8.46. The molecule has 4 rings (SSSR count). The maximum absolute atomic E-state index is 14.0. The first kappa shape index (κ1) is 36.8. The number of anilines is 2. The van der Waals surface area contributed by atoms with Crippen LogP contribution in [0.1, 0.15) is 30.4 Å². The van der Waals surface area contributed by atoms with Gasteiger partial charge in [-0.1, -0.05) is 0 Å². The number of aromatic hydroxyl groups is 1. The molecule has 1 fully saturated rings. The van der Waals surface area contributed by atoms with E-state index in [9.17, 15) is 39.6 Å². The topological polar surface area (TPSA) is 197 Å². The number of aliphatic hydroxyl groups is 3. The van der Waals surface area contributed by atoms with Gasteiger partial charge in [-0.25, -0.2) is 0 Å². The summed E-state index contributed by atoms with van der Waals surface area (Å²) in [5.41, 5.74) is 2.57. The summed E-state index contributed by atoms with van der Waals surface area (Å²) in [5, 5.41) is 48.3. The molecule has 0 bridgehead atoms. The Morgan fingerprint density at radius 3 is 2.20 bits per heavy atom. The number of phenols is 1. The molecule has 0 radical (unpaired) electrons. The third kappa shape index (κ3) is 5.86. The number of rotatable bonds is 8. The molecular formula is C29H41Cl2N5O8. The quantitative estimate of drug-likeness (QED) is 0.173. The lowest BCUT2D eigenvalue weighted by atomic mass is 9.57. The Labute approximate surface area is 268 Å². The van der Waals surface area contributed by atoms with Crippen LogP contribution >= 0.6 is 24.8 Å². The molecule has 0 heterocycles. The fourth-order valence-corrected chi connectivity index (χ4v) is 6.55. The van der Waals surface area contributed by atoms with E-state index in [0.717, 1.165) is 0 Å². The molecule has 4 atom stereocenters. The van der Waals surface area contributed by atoms with Gasteiger partial charge in [0.15, 0.2) is 11.4 Å². The number of halogens is 2. The van der Waals surface area contributed by atoms with Crippen LogP contribution in [0.3, 0.4) is 0 Å². The summed E-state index contributed by atoms with van der Waals surface area (Å²) < 4.78 is 0. The number of nitrogens with two attached hydrogens (primary N) is 1. The minimum atomic E-state index is -2.72. The zero-order chi connectivity index (χ0) is 31.4. The Morgan fingerprint density at radius 1 is 1.07 bits per heavy atom. The van der Waals surface area contributed by atoms with Crippen LogP contribution in [-0.4, -0.2) is 114 Å². The van der Waals surface area contributed by atoms with Crippen LogP contribution in [-0.2, 0) is 25.6 Å². The van der Waals surface area contributed by atoms with E-state index in [1.807, 2.05) is 19.0 Å². The first-order valence-electron chi connectivity index (χ1n) is 13.7. The maximum Gasteiger partial charge on any atom is 0.255 e. The van der Waals surface area contributed by atoms with Crippen molar-refractivity contribution < 1.29 is 39.6 Å². The Balaban J connectivity index is 0.00000337. The molecule has 244 valence electrons. The molecule has 0 aliphatic heterocycles. The summed E-state index contributed by atoms with van der Waals surface area (Å²) in [5.74, 6) is -7.61. The zero-order valence-electron chi connectivity index (χ0n) is 25.5. The summed E-state index contributed by atoms with van der Waals surface area (Å²) >= 11 is 0. The van der Waals surface area contributed by atoms with E-state index < -0.39 is 63.8 Å². The zero-order valence-corrected chi connectivity index (χ0v) is 27.1. The predicted molar refractivity (Wildman–Crippen MR) is 169 cm³/mol. The van der Waals surface area contributed by atoms with Crippen molar-refractivity contribution in [2.24, 2.45) is 17.6 Å². The van der Waals surface area contributed by atoms with Gasteiger partial charge in [-0.15, -0.1) is 24.8 Å². The number of amides is 2. The molecule has 1 saturated carbocycles. The normalized spacial score (nSPS) is 24.2. The average Bonchev–Trinajstić information content (AvgIpc) is 2.87. The molecule has 0 aromatic heterocycles. The maximum atomic E-state index is 14.0. The Hall–Kier alpha value is -3.36. The summed E-state index contributed by atoms with van der Waals surface area (Å²) in [6, 6.07) is 0.437. The van der Waals surface area contributed by atoms with E-state index in [0.29, 0.717) is 24.2 Å². The molecular weight excluding hydrogens is 617 g/mol. The van der Waals surface area contributed by atoms with Crippen molar-refractivity contribution in [1.82, 2.24) is 9.80 Å². The smallest absolute Gasteiger partial charge is 0.255 e. The number of nitrogens with one attached hydrogen (secondary N) is 1. The highest BCUT2D eigenvalue weighted by Gasteiger charge is 2.64. The van der Waals surface area contributed by atoms with Crippen LogP contribution in [0.2, 0.25) is 0 Å². The van der Waals surface area contributed by atoms with Gasteiger partial charge in [0.2, 0.25) is 11.7 Å². The van der Waals surface area contributed by atoms with E-state index in [-0.39, 0.29) is 66.8 Å². The van der Waals surface area contributed by atoms with Crippen molar-refractivity contribution in [3.05, 3.63) is 34.1 Å². The fraction of sp³-hybridized carbons (Fsp3) is 0.517. The van der Waals surface area contributed by atoms with Gasteiger partial charge in [-0.2, -0.15) is 0 Å². The van der Waals surface area contributed by atoms with Crippen molar-refractivity contribution in [2.45, 2.75) is 37.3 Å². The van der Waals surface area contributed by atoms with E-state index in [1.54, 1.807) is 39.2 Å². The third-order valence-electron chi connectivity index (χ3n) is 8.46. The second-order valence-corrected chi connectivity index (χ2v) is 12.0. The molecule has 0 saturated heterocycles. The standard InChI is InChI=1S/C29H39N5O8.2ClH/c1-32(2)9-7-8-18(35)31-16-12-17(33(3)4)14-10-13-11-15-22(34(5)6)25(38)21(28(30)41)27(40)29(15,42)26(39)19(13)24(37)20(14)23(16)36;;/h12-13,15,22,36-37,40,42H,7-11H2,1-6H3,(H2,30,41)(H,31,35);2*1H/t13?,15?,22-,29?;;/m0../s1. The molecule has 2 amide bonds. The first-order chi connectivity index (χ1) is 19.5. The van der Waals surface area contributed by atoms with Crippen LogP contribution in [0.5, 0.6) is 5.75 Å². The predicted octanol–water partition coefficient (Wildman–Crippen LogP) is 1.15. The molecule has 44 heavy (non-hydrogen) atoms. The molecule has 1 aromatic carbocycles. The SMILES string of the molecule is CN(C)CCCC(=O)Nc1cc(N(C)C)c2c(c1O)C(O)=C1C(=O)C3(O)C(O)=C(C(N)=O)C(=O)[C@@H](N(C)C)C3CC1C2.Cl.Cl. The Morgan fingerprint density at radius 2 is 1.68 bits per heavy atom. The van der Waals surface area contributed by atoms with Gasteiger partial charge in [0, 0.05) is 37.7 Å². The highest BCUT2D eigenvalue weighted by atomic mass is 35.5. The van der Waals surface area contributed by atoms with E-state index in [4.69, 9.17) is 5.73 Å². The summed E-state index contributed by atoms with van der Waals surface area (Å²) in [6.45, 7) is 0.686. The lowest BCUT2D eigenvalue weighted by molar-refractivity contribution is -0.153. The summed E-state index contributed by atoms with van der Waals surface area (Å²) in [4.78, 5) is 57.3. The number of hydrogen-bond acceptors (Lipinski definition) is 11. The first-order valence-corrected chi connectivity index (χ1v) is 13.7. The number of likely N-dealkylation sites (N-methyl/N-ethyl adjacent to an activating group) is 1. The molecule has 7 N–H and O–H groups in total. The second-order valence-electron chi connectivity index (χ2n) is 12.0. The number of nitrogens with zero attached hydrogens (tertiary/aromatic N) is 3. The number of carbonyl (C=O) groups is 4.